The van der Waals surface area contributed by atoms with Gasteiger partial charge in [-0.15, -0.1) is 5.10 Å². The molecule has 41 heavy (non-hydrogen) atoms. The maximum absolute atomic E-state index is 4.50. The van der Waals surface area contributed by atoms with E-state index in [0.29, 0.717) is 0 Å². The van der Waals surface area contributed by atoms with Crippen LogP contribution in [0.2, 0.25) is 0 Å². The molecule has 0 saturated carbocycles. The molecule has 1 fully saturated rings. The average molecular weight is 569 g/mol. The average Bonchev–Trinajstić information content (AvgIpc) is 3.79. The number of aromatic nitrogens is 7. The lowest BCUT2D eigenvalue weighted by Gasteiger charge is -2.20. The first-order chi connectivity index (χ1) is 19.9. The van der Waals surface area contributed by atoms with Crippen LogP contribution in [0.15, 0.2) is 104 Å². The van der Waals surface area contributed by atoms with Gasteiger partial charge in [0, 0.05) is 62.3 Å². The maximum atomic E-state index is 4.50. The summed E-state index contributed by atoms with van der Waals surface area (Å²) in [5.41, 5.74) is 4.50. The minimum Gasteiger partial charge on any atom is -0.374 e. The second-order valence-corrected chi connectivity index (χ2v) is 9.27. The summed E-state index contributed by atoms with van der Waals surface area (Å²) >= 11 is 0. The topological polar surface area (TPSA) is 106 Å². The lowest BCUT2D eigenvalue weighted by Crippen LogP contribution is -2.25. The highest BCUT2D eigenvalue weighted by Crippen LogP contribution is 2.04. The number of aromatic amines is 2. The Labute approximate surface area is 247 Å². The van der Waals surface area contributed by atoms with Gasteiger partial charge in [0.05, 0.1) is 20.6 Å². The first kappa shape index (κ1) is 36.9. The van der Waals surface area contributed by atoms with Gasteiger partial charge in [-0.25, -0.2) is 13.7 Å². The molecule has 2 aliphatic rings. The Morgan fingerprint density at radius 2 is 1.41 bits per heavy atom. The Morgan fingerprint density at radius 1 is 0.756 bits per heavy atom. The second kappa shape index (κ2) is 26.1. The van der Waals surface area contributed by atoms with Crippen LogP contribution in [0, 0.1) is 0 Å². The third-order valence-electron chi connectivity index (χ3n) is 5.34. The lowest BCUT2D eigenvalue weighted by molar-refractivity contribution is -0.671. The molecule has 4 aromatic heterocycles. The first-order valence-electron chi connectivity index (χ1n) is 13.8. The third-order valence-corrected chi connectivity index (χ3v) is 5.34. The summed E-state index contributed by atoms with van der Waals surface area (Å²) in [6, 6.07) is 10.0. The number of imidazole rings is 1. The molecule has 0 unspecified atom stereocenters. The first-order valence-corrected chi connectivity index (χ1v) is 13.8. The van der Waals surface area contributed by atoms with Gasteiger partial charge in [-0.2, -0.15) is 0 Å². The fourth-order valence-corrected chi connectivity index (χ4v) is 3.05. The molecule has 1 saturated heterocycles. The van der Waals surface area contributed by atoms with Crippen molar-refractivity contribution in [3.63, 3.8) is 0 Å². The van der Waals surface area contributed by atoms with Crippen LogP contribution in [-0.4, -0.2) is 76.5 Å². The number of nitrogens with zero attached hydrogens (tertiary/aromatic N) is 8. The van der Waals surface area contributed by atoms with Crippen LogP contribution in [0.25, 0.3) is 0 Å². The van der Waals surface area contributed by atoms with Gasteiger partial charge >= 0.3 is 0 Å². The van der Waals surface area contributed by atoms with E-state index in [1.807, 2.05) is 140 Å². The normalized spacial score (nSPS) is 12.9. The summed E-state index contributed by atoms with van der Waals surface area (Å²) in [6.45, 7) is 3.58. The number of hydrogen-bond donors (Lipinski definition) is 3. The fourth-order valence-electron chi connectivity index (χ4n) is 3.05. The molecule has 11 nitrogen and oxygen atoms in total. The Kier molecular flexibility index (Phi) is 23.5. The molecule has 0 radical (unpaired) electrons. The van der Waals surface area contributed by atoms with Crippen molar-refractivity contribution in [2.75, 3.05) is 40.8 Å². The highest BCUT2D eigenvalue weighted by atomic mass is 15.2. The zero-order valence-electron chi connectivity index (χ0n) is 26.2. The number of nitrogens with two attached hydrogens (primary N) is 1. The quantitative estimate of drug-likeness (QED) is 0.281. The largest absolute Gasteiger partial charge is 0.374 e. The standard InChI is InChI=1S/C6H13N.C6H8N.C5H8N2.C5H7N.C4H6N2.C3H5N3.CH5N/c2*1-7-5-3-2-4-6-7;1-7-4-2-6-3-5-7;1-6-4-2-3-5-6;1-6-3-2-5-4-6;1-6-2-4-5-3-6;1-2/h2-6H2,1H3;2-6H,1H3;2-4H,5H2,1H3;2-5H,1H3;2-4H,1H3;2-3H,1H3;2H2,1H3/q;+1;;;;;/p+2. The molecular weight excluding hydrogens is 514 g/mol. The molecular formula is C30H54N11+3. The predicted molar refractivity (Wildman–Crippen MR) is 166 cm³/mol. The van der Waals surface area contributed by atoms with Crippen LogP contribution < -0.4 is 19.4 Å². The lowest BCUT2D eigenvalue weighted by atomic mass is 10.1. The van der Waals surface area contributed by atoms with Crippen LogP contribution in [0.1, 0.15) is 19.3 Å². The van der Waals surface area contributed by atoms with Crippen LogP contribution in [0.4, 0.5) is 0 Å². The van der Waals surface area contributed by atoms with Crippen molar-refractivity contribution < 1.29 is 13.7 Å². The van der Waals surface area contributed by atoms with Gasteiger partial charge in [-0.05, 0) is 52.2 Å². The molecule has 6 heterocycles. The highest BCUT2D eigenvalue weighted by Gasteiger charge is 2.02. The van der Waals surface area contributed by atoms with Crippen molar-refractivity contribution in [2.24, 2.45) is 38.9 Å². The van der Waals surface area contributed by atoms with E-state index in [0.717, 1.165) is 6.54 Å². The molecule has 11 heteroatoms. The second-order valence-electron chi connectivity index (χ2n) is 9.27. The summed E-state index contributed by atoms with van der Waals surface area (Å²) in [4.78, 5) is 11.2. The number of aryl methyl sites for hydroxylation is 4. The highest BCUT2D eigenvalue weighted by molar-refractivity contribution is 5.61. The number of piperidine rings is 1. The van der Waals surface area contributed by atoms with Gasteiger partial charge < -0.3 is 20.1 Å². The van der Waals surface area contributed by atoms with E-state index in [1.54, 1.807) is 18.9 Å². The fraction of sp³-hybridized carbons (Fsp3) is 0.433. The molecule has 0 aliphatic carbocycles. The zero-order chi connectivity index (χ0) is 30.6. The van der Waals surface area contributed by atoms with Gasteiger partial charge in [0.2, 0.25) is 12.7 Å². The third kappa shape index (κ3) is 24.7. The van der Waals surface area contributed by atoms with Gasteiger partial charge in [0.15, 0.2) is 12.4 Å². The molecule has 0 bridgehead atoms. The zero-order valence-corrected chi connectivity index (χ0v) is 26.2. The smallest absolute Gasteiger partial charge is 0.264 e. The van der Waals surface area contributed by atoms with Crippen molar-refractivity contribution in [3.8, 4) is 0 Å². The monoisotopic (exact) mass is 568 g/mol. The molecule has 226 valence electrons. The molecule has 4 N–H and O–H groups in total. The Morgan fingerprint density at radius 3 is 1.63 bits per heavy atom. The molecule has 4 aromatic rings. The van der Waals surface area contributed by atoms with E-state index >= 15 is 0 Å². The van der Waals surface area contributed by atoms with Crippen molar-refractivity contribution in [1.29, 1.82) is 0 Å². The molecule has 6 rings (SSSR count). The van der Waals surface area contributed by atoms with Gasteiger partial charge in [-0.3, -0.25) is 9.98 Å². The van der Waals surface area contributed by atoms with E-state index in [9.17, 15) is 0 Å². The minimum atomic E-state index is 0.941. The summed E-state index contributed by atoms with van der Waals surface area (Å²) in [5, 5.41) is 6.30. The number of hydrogen-bond acceptors (Lipinski definition) is 5. The summed E-state index contributed by atoms with van der Waals surface area (Å²) in [5.74, 6) is 0. The Hall–Kier alpha value is -4.09. The summed E-state index contributed by atoms with van der Waals surface area (Å²) in [7, 11) is 13.6. The molecule has 0 spiro atoms. The van der Waals surface area contributed by atoms with Crippen molar-refractivity contribution >= 4 is 6.21 Å². The number of H-pyrrole nitrogens is 2. The summed E-state index contributed by atoms with van der Waals surface area (Å²) < 4.78 is 7.78. The molecule has 0 amide bonds. The van der Waals surface area contributed by atoms with E-state index < -0.39 is 0 Å². The van der Waals surface area contributed by atoms with Crippen LogP contribution in [0.3, 0.4) is 0 Å². The predicted octanol–water partition coefficient (Wildman–Crippen LogP) is 1.76. The molecule has 0 aromatic carbocycles. The number of likely N-dealkylation sites (tertiary alicyclic amines) is 1. The van der Waals surface area contributed by atoms with Crippen molar-refractivity contribution in [2.45, 2.75) is 19.3 Å². The Bertz CT molecular complexity index is 992. The van der Waals surface area contributed by atoms with E-state index in [2.05, 4.69) is 42.8 Å². The van der Waals surface area contributed by atoms with E-state index in [1.165, 1.54) is 39.4 Å². The van der Waals surface area contributed by atoms with Crippen molar-refractivity contribution in [3.05, 3.63) is 98.9 Å². The minimum absolute atomic E-state index is 0.941. The SMILES string of the molecule is CN.CN1C=CN=CC1.CN1CCCCC1.C[n+]1cc[nH]c1.C[n+]1ccccc1.C[n+]1cn[nH]c1.Cn1cccc1. The number of aliphatic imine (C=N–C) groups is 1. The van der Waals surface area contributed by atoms with Gasteiger partial charge in [-0.1, -0.05) is 12.5 Å². The molecule has 0 atom stereocenters. The van der Waals surface area contributed by atoms with E-state index in [4.69, 9.17) is 0 Å². The van der Waals surface area contributed by atoms with E-state index in [-0.39, 0.29) is 0 Å². The van der Waals surface area contributed by atoms with Crippen molar-refractivity contribution in [1.82, 2.24) is 29.5 Å². The van der Waals surface area contributed by atoms with Gasteiger partial charge in [0.1, 0.15) is 19.4 Å². The Balaban J connectivity index is 0.000000463. The number of nitrogens with one attached hydrogen (secondary N) is 2. The number of rotatable bonds is 0. The van der Waals surface area contributed by atoms with Gasteiger partial charge in [0.25, 0.3) is 6.33 Å². The molecule has 2 aliphatic heterocycles. The van der Waals surface area contributed by atoms with Crippen LogP contribution in [0.5, 0.6) is 0 Å². The van der Waals surface area contributed by atoms with Crippen LogP contribution >= 0.6 is 0 Å². The maximum Gasteiger partial charge on any atom is 0.264 e. The summed E-state index contributed by atoms with van der Waals surface area (Å²) in [6.07, 6.45) is 27.0. The van der Waals surface area contributed by atoms with Crippen LogP contribution in [-0.2, 0) is 28.2 Å². The number of pyridine rings is 1.